The Kier molecular flexibility index (Phi) is 5.15. The molecular formula is C17H15FN2OS2. The summed E-state index contributed by atoms with van der Waals surface area (Å²) in [5.41, 5.74) is 1.79. The molecule has 6 heteroatoms. The molecule has 0 radical (unpaired) electrons. The number of rotatable bonds is 6. The van der Waals surface area contributed by atoms with Crippen LogP contribution < -0.4 is 5.32 Å². The van der Waals surface area contributed by atoms with Crippen LogP contribution in [-0.4, -0.2) is 17.4 Å². The number of thiazole rings is 1. The van der Waals surface area contributed by atoms with E-state index in [2.05, 4.69) is 16.4 Å². The molecule has 0 bridgehead atoms. The Morgan fingerprint density at radius 1 is 1.17 bits per heavy atom. The Labute approximate surface area is 141 Å². The topological polar surface area (TPSA) is 42.0 Å². The fourth-order valence-corrected chi connectivity index (χ4v) is 3.78. The van der Waals surface area contributed by atoms with E-state index in [1.165, 1.54) is 17.0 Å². The second-order valence-corrected chi connectivity index (χ2v) is 6.83. The van der Waals surface area contributed by atoms with Crippen molar-refractivity contribution >= 4 is 28.6 Å². The Bertz CT molecular complexity index is 766. The number of nitrogens with one attached hydrogen (secondary N) is 1. The number of hydrogen-bond acceptors (Lipinski definition) is 4. The van der Waals surface area contributed by atoms with Gasteiger partial charge in [-0.15, -0.1) is 22.7 Å². The molecule has 1 amide bonds. The van der Waals surface area contributed by atoms with E-state index in [4.69, 9.17) is 0 Å². The van der Waals surface area contributed by atoms with Crippen molar-refractivity contribution in [2.24, 2.45) is 0 Å². The first-order valence-electron chi connectivity index (χ1n) is 7.20. The molecule has 3 rings (SSSR count). The van der Waals surface area contributed by atoms with Gasteiger partial charge >= 0.3 is 0 Å². The van der Waals surface area contributed by atoms with E-state index in [1.807, 2.05) is 16.8 Å². The number of carbonyl (C=O) groups excluding carboxylic acids is 1. The second kappa shape index (κ2) is 7.48. The van der Waals surface area contributed by atoms with Gasteiger partial charge in [0.2, 0.25) is 5.91 Å². The number of thiophene rings is 1. The number of halogens is 1. The van der Waals surface area contributed by atoms with Crippen molar-refractivity contribution in [3.63, 3.8) is 0 Å². The van der Waals surface area contributed by atoms with Crippen LogP contribution in [0.4, 0.5) is 4.39 Å². The SMILES string of the molecule is O=C(Cc1ccc(F)cc1)NCCc1csc(-c2cccs2)n1. The minimum atomic E-state index is -0.292. The minimum Gasteiger partial charge on any atom is -0.355 e. The Balaban J connectivity index is 1.46. The van der Waals surface area contributed by atoms with Gasteiger partial charge in [0.1, 0.15) is 10.8 Å². The summed E-state index contributed by atoms with van der Waals surface area (Å²) in [6, 6.07) is 10.0. The molecule has 0 spiro atoms. The van der Waals surface area contributed by atoms with E-state index < -0.39 is 0 Å². The van der Waals surface area contributed by atoms with Gasteiger partial charge < -0.3 is 5.32 Å². The summed E-state index contributed by atoms with van der Waals surface area (Å²) in [7, 11) is 0. The lowest BCUT2D eigenvalue weighted by Crippen LogP contribution is -2.27. The maximum absolute atomic E-state index is 12.8. The quantitative estimate of drug-likeness (QED) is 0.735. The highest BCUT2D eigenvalue weighted by molar-refractivity contribution is 7.20. The van der Waals surface area contributed by atoms with Crippen molar-refractivity contribution in [1.29, 1.82) is 0 Å². The molecule has 2 heterocycles. The molecule has 0 unspecified atom stereocenters. The lowest BCUT2D eigenvalue weighted by Gasteiger charge is -2.04. The van der Waals surface area contributed by atoms with Gasteiger partial charge in [0.05, 0.1) is 17.0 Å². The van der Waals surface area contributed by atoms with E-state index in [-0.39, 0.29) is 18.1 Å². The van der Waals surface area contributed by atoms with E-state index in [1.54, 1.807) is 34.8 Å². The lowest BCUT2D eigenvalue weighted by molar-refractivity contribution is -0.120. The van der Waals surface area contributed by atoms with Gasteiger partial charge in [0.15, 0.2) is 0 Å². The van der Waals surface area contributed by atoms with E-state index in [0.29, 0.717) is 13.0 Å². The Morgan fingerprint density at radius 3 is 2.74 bits per heavy atom. The zero-order valence-electron chi connectivity index (χ0n) is 12.3. The van der Waals surface area contributed by atoms with Crippen LogP contribution in [0, 0.1) is 5.82 Å². The van der Waals surface area contributed by atoms with Crippen LogP contribution in [0.3, 0.4) is 0 Å². The van der Waals surface area contributed by atoms with Crippen molar-refractivity contribution in [2.75, 3.05) is 6.54 Å². The first kappa shape index (κ1) is 15.8. The fraction of sp³-hybridized carbons (Fsp3) is 0.176. The molecule has 0 saturated heterocycles. The van der Waals surface area contributed by atoms with Crippen LogP contribution in [-0.2, 0) is 17.6 Å². The van der Waals surface area contributed by atoms with Crippen molar-refractivity contribution in [1.82, 2.24) is 10.3 Å². The number of benzene rings is 1. The number of amides is 1. The van der Waals surface area contributed by atoms with Crippen LogP contribution in [0.5, 0.6) is 0 Å². The number of carbonyl (C=O) groups is 1. The van der Waals surface area contributed by atoms with Gasteiger partial charge in [0.25, 0.3) is 0 Å². The molecule has 3 nitrogen and oxygen atoms in total. The third-order valence-electron chi connectivity index (χ3n) is 3.26. The van der Waals surface area contributed by atoms with Gasteiger partial charge in [-0.05, 0) is 29.1 Å². The zero-order chi connectivity index (χ0) is 16.1. The average molecular weight is 346 g/mol. The first-order valence-corrected chi connectivity index (χ1v) is 8.96. The maximum atomic E-state index is 12.8. The number of hydrogen-bond donors (Lipinski definition) is 1. The number of nitrogens with zero attached hydrogens (tertiary/aromatic N) is 1. The largest absolute Gasteiger partial charge is 0.355 e. The smallest absolute Gasteiger partial charge is 0.224 e. The van der Waals surface area contributed by atoms with Crippen molar-refractivity contribution in [3.8, 4) is 9.88 Å². The molecule has 1 aromatic carbocycles. The molecule has 3 aromatic rings. The monoisotopic (exact) mass is 346 g/mol. The summed E-state index contributed by atoms with van der Waals surface area (Å²) in [5, 5.41) is 7.96. The summed E-state index contributed by atoms with van der Waals surface area (Å²) in [4.78, 5) is 17.6. The molecule has 0 aliphatic carbocycles. The van der Waals surface area contributed by atoms with Crippen LogP contribution in [0.25, 0.3) is 9.88 Å². The third kappa shape index (κ3) is 4.46. The predicted octanol–water partition coefficient (Wildman–Crippen LogP) is 3.91. The average Bonchev–Trinajstić information content (AvgIpc) is 3.20. The molecule has 1 N–H and O–H groups in total. The van der Waals surface area contributed by atoms with Gasteiger partial charge in [-0.1, -0.05) is 18.2 Å². The molecule has 118 valence electrons. The molecule has 0 atom stereocenters. The molecule has 0 aliphatic rings. The molecule has 0 aliphatic heterocycles. The van der Waals surface area contributed by atoms with Crippen LogP contribution in [0.2, 0.25) is 0 Å². The van der Waals surface area contributed by atoms with Crippen LogP contribution in [0.1, 0.15) is 11.3 Å². The standard InChI is InChI=1S/C17H15FN2OS2/c18-13-5-3-12(4-6-13)10-16(21)19-8-7-14-11-23-17(20-14)15-2-1-9-22-15/h1-6,9,11H,7-8,10H2,(H,19,21). The van der Waals surface area contributed by atoms with E-state index in [9.17, 15) is 9.18 Å². The van der Waals surface area contributed by atoms with Crippen LogP contribution >= 0.6 is 22.7 Å². The summed E-state index contributed by atoms with van der Waals surface area (Å²) in [6.07, 6.45) is 0.967. The number of aromatic nitrogens is 1. The Morgan fingerprint density at radius 2 is 2.00 bits per heavy atom. The molecular weight excluding hydrogens is 331 g/mol. The minimum absolute atomic E-state index is 0.0645. The van der Waals surface area contributed by atoms with Crippen molar-refractivity contribution in [3.05, 3.63) is 64.2 Å². The van der Waals surface area contributed by atoms with Gasteiger partial charge in [0, 0.05) is 18.3 Å². The molecule has 0 saturated carbocycles. The summed E-state index contributed by atoms with van der Waals surface area (Å²) in [6.45, 7) is 0.549. The highest BCUT2D eigenvalue weighted by Gasteiger charge is 2.07. The van der Waals surface area contributed by atoms with Crippen LogP contribution in [0.15, 0.2) is 47.2 Å². The summed E-state index contributed by atoms with van der Waals surface area (Å²) < 4.78 is 12.8. The predicted molar refractivity (Wildman–Crippen MR) is 92.2 cm³/mol. The van der Waals surface area contributed by atoms with Gasteiger partial charge in [-0.3, -0.25) is 4.79 Å². The van der Waals surface area contributed by atoms with Gasteiger partial charge in [-0.2, -0.15) is 0 Å². The second-order valence-electron chi connectivity index (χ2n) is 5.02. The van der Waals surface area contributed by atoms with Crippen molar-refractivity contribution < 1.29 is 9.18 Å². The maximum Gasteiger partial charge on any atom is 0.224 e. The Hall–Kier alpha value is -2.05. The van der Waals surface area contributed by atoms with E-state index in [0.717, 1.165) is 16.3 Å². The third-order valence-corrected chi connectivity index (χ3v) is 5.20. The van der Waals surface area contributed by atoms with Crippen molar-refractivity contribution in [2.45, 2.75) is 12.8 Å². The fourth-order valence-electron chi connectivity index (χ4n) is 2.12. The summed E-state index contributed by atoms with van der Waals surface area (Å²) >= 11 is 3.29. The first-order chi connectivity index (χ1) is 11.2. The van der Waals surface area contributed by atoms with Gasteiger partial charge in [-0.25, -0.2) is 9.37 Å². The highest BCUT2D eigenvalue weighted by atomic mass is 32.1. The highest BCUT2D eigenvalue weighted by Crippen LogP contribution is 2.27. The molecule has 2 aromatic heterocycles. The normalized spacial score (nSPS) is 10.7. The van der Waals surface area contributed by atoms with E-state index >= 15 is 0 Å². The summed E-state index contributed by atoms with van der Waals surface area (Å²) in [5.74, 6) is -0.357. The lowest BCUT2D eigenvalue weighted by atomic mass is 10.1. The zero-order valence-corrected chi connectivity index (χ0v) is 13.9. The molecule has 23 heavy (non-hydrogen) atoms. The molecule has 0 fully saturated rings.